The standard InChI is InChI=1S/C18H28N4O2/c1-2-19-18(21-15-13-14-8-9-16(15)24-14)20-10-4-6-12-22-11-5-3-7-17(22)23/h3,5,7,11,14-16H,2,4,6,8-10,12-13H2,1H3,(H2,19,20,21). The monoisotopic (exact) mass is 332 g/mol. The average molecular weight is 332 g/mol. The van der Waals surface area contributed by atoms with Gasteiger partial charge in [0.25, 0.3) is 0 Å². The summed E-state index contributed by atoms with van der Waals surface area (Å²) in [6.07, 6.45) is 8.00. The first-order valence-corrected chi connectivity index (χ1v) is 9.12. The topological polar surface area (TPSA) is 67.7 Å². The number of guanidine groups is 1. The van der Waals surface area contributed by atoms with Crippen LogP contribution in [0.3, 0.4) is 0 Å². The predicted molar refractivity (Wildman–Crippen MR) is 95.4 cm³/mol. The zero-order valence-corrected chi connectivity index (χ0v) is 14.4. The molecular formula is C18H28N4O2. The molecule has 0 aliphatic carbocycles. The summed E-state index contributed by atoms with van der Waals surface area (Å²) in [7, 11) is 0. The molecule has 0 aromatic carbocycles. The van der Waals surface area contributed by atoms with Crippen molar-refractivity contribution in [3.05, 3.63) is 34.7 Å². The first-order chi connectivity index (χ1) is 11.8. The van der Waals surface area contributed by atoms with E-state index < -0.39 is 0 Å². The van der Waals surface area contributed by atoms with Gasteiger partial charge in [0.15, 0.2) is 5.96 Å². The number of aliphatic imine (C=N–C) groups is 1. The highest BCUT2D eigenvalue weighted by molar-refractivity contribution is 5.80. The molecule has 3 unspecified atom stereocenters. The second kappa shape index (κ2) is 8.33. The van der Waals surface area contributed by atoms with E-state index in [1.807, 2.05) is 12.3 Å². The molecule has 3 atom stereocenters. The molecule has 2 fully saturated rings. The first kappa shape index (κ1) is 17.0. The molecule has 1 aromatic rings. The number of fused-ring (bicyclic) bond motifs is 2. The molecule has 1 aromatic heterocycles. The zero-order valence-electron chi connectivity index (χ0n) is 14.4. The van der Waals surface area contributed by atoms with Crippen LogP contribution in [0.25, 0.3) is 0 Å². The lowest BCUT2D eigenvalue weighted by Crippen LogP contribution is -2.47. The van der Waals surface area contributed by atoms with E-state index in [0.717, 1.165) is 51.3 Å². The van der Waals surface area contributed by atoms with Crippen molar-refractivity contribution < 1.29 is 4.74 Å². The van der Waals surface area contributed by atoms with E-state index in [4.69, 9.17) is 4.74 Å². The molecule has 24 heavy (non-hydrogen) atoms. The molecule has 132 valence electrons. The van der Waals surface area contributed by atoms with E-state index in [-0.39, 0.29) is 5.56 Å². The van der Waals surface area contributed by atoms with Crippen LogP contribution in [-0.2, 0) is 11.3 Å². The highest BCUT2D eigenvalue weighted by atomic mass is 16.5. The Labute approximate surface area is 143 Å². The molecule has 6 nitrogen and oxygen atoms in total. The summed E-state index contributed by atoms with van der Waals surface area (Å²) in [6, 6.07) is 5.66. The Morgan fingerprint density at radius 3 is 3.00 bits per heavy atom. The predicted octanol–water partition coefficient (Wildman–Crippen LogP) is 1.50. The van der Waals surface area contributed by atoms with Crippen LogP contribution >= 0.6 is 0 Å². The van der Waals surface area contributed by atoms with Crippen molar-refractivity contribution in [1.29, 1.82) is 0 Å². The van der Waals surface area contributed by atoms with Crippen LogP contribution in [0.4, 0.5) is 0 Å². The molecule has 2 aliphatic heterocycles. The summed E-state index contributed by atoms with van der Waals surface area (Å²) < 4.78 is 7.64. The third kappa shape index (κ3) is 4.38. The largest absolute Gasteiger partial charge is 0.373 e. The second-order valence-electron chi connectivity index (χ2n) is 6.56. The number of hydrogen-bond donors (Lipinski definition) is 2. The van der Waals surface area contributed by atoms with Crippen LogP contribution in [0.5, 0.6) is 0 Å². The van der Waals surface area contributed by atoms with Gasteiger partial charge in [0.05, 0.1) is 18.2 Å². The Balaban J connectivity index is 1.42. The Hall–Kier alpha value is -1.82. The van der Waals surface area contributed by atoms with Gasteiger partial charge in [0.1, 0.15) is 0 Å². The Morgan fingerprint density at radius 1 is 1.38 bits per heavy atom. The first-order valence-electron chi connectivity index (χ1n) is 9.12. The quantitative estimate of drug-likeness (QED) is 0.451. The maximum Gasteiger partial charge on any atom is 0.250 e. The van der Waals surface area contributed by atoms with E-state index in [1.165, 1.54) is 6.42 Å². The Morgan fingerprint density at radius 2 is 2.29 bits per heavy atom. The molecule has 3 heterocycles. The van der Waals surface area contributed by atoms with Crippen molar-refractivity contribution in [2.24, 2.45) is 4.99 Å². The number of aromatic nitrogens is 1. The minimum atomic E-state index is 0.0623. The van der Waals surface area contributed by atoms with Gasteiger partial charge in [-0.2, -0.15) is 0 Å². The van der Waals surface area contributed by atoms with E-state index in [0.29, 0.717) is 18.2 Å². The van der Waals surface area contributed by atoms with Crippen molar-refractivity contribution in [3.63, 3.8) is 0 Å². The van der Waals surface area contributed by atoms with Crippen LogP contribution in [0.2, 0.25) is 0 Å². The molecule has 3 rings (SSSR count). The molecular weight excluding hydrogens is 304 g/mol. The third-order valence-corrected chi connectivity index (χ3v) is 4.75. The molecule has 6 heteroatoms. The van der Waals surface area contributed by atoms with Gasteiger partial charge in [0.2, 0.25) is 5.56 Å². The van der Waals surface area contributed by atoms with E-state index in [9.17, 15) is 4.79 Å². The summed E-state index contributed by atoms with van der Waals surface area (Å²) >= 11 is 0. The third-order valence-electron chi connectivity index (χ3n) is 4.75. The molecule has 0 radical (unpaired) electrons. The SMILES string of the molecule is CCNC(=NCCCCn1ccccc1=O)NC1CC2CCC1O2. The molecule has 2 N–H and O–H groups in total. The lowest BCUT2D eigenvalue weighted by atomic mass is 9.96. The zero-order chi connectivity index (χ0) is 16.8. The maximum absolute atomic E-state index is 11.6. The van der Waals surface area contributed by atoms with Crippen LogP contribution in [0, 0.1) is 0 Å². The van der Waals surface area contributed by atoms with Crippen LogP contribution in [-0.4, -0.2) is 41.9 Å². The van der Waals surface area contributed by atoms with Gasteiger partial charge in [-0.25, -0.2) is 0 Å². The second-order valence-corrected chi connectivity index (χ2v) is 6.56. The van der Waals surface area contributed by atoms with Crippen molar-refractivity contribution in [1.82, 2.24) is 15.2 Å². The van der Waals surface area contributed by atoms with Gasteiger partial charge >= 0.3 is 0 Å². The summed E-state index contributed by atoms with van der Waals surface area (Å²) in [5.74, 6) is 0.885. The minimum Gasteiger partial charge on any atom is -0.373 e. The molecule has 0 amide bonds. The van der Waals surface area contributed by atoms with Crippen molar-refractivity contribution in [2.45, 2.75) is 63.8 Å². The number of aryl methyl sites for hydroxylation is 1. The van der Waals surface area contributed by atoms with Crippen LogP contribution in [0.1, 0.15) is 39.0 Å². The van der Waals surface area contributed by atoms with Crippen molar-refractivity contribution in [2.75, 3.05) is 13.1 Å². The maximum atomic E-state index is 11.6. The number of nitrogens with zero attached hydrogens (tertiary/aromatic N) is 2. The van der Waals surface area contributed by atoms with Crippen molar-refractivity contribution >= 4 is 5.96 Å². The number of hydrogen-bond acceptors (Lipinski definition) is 3. The number of unbranched alkanes of at least 4 members (excludes halogenated alkanes) is 1. The summed E-state index contributed by atoms with van der Waals surface area (Å²) in [5, 5.41) is 6.84. The Kier molecular flexibility index (Phi) is 5.91. The minimum absolute atomic E-state index is 0.0623. The highest BCUT2D eigenvalue weighted by Crippen LogP contribution is 2.34. The van der Waals surface area contributed by atoms with Crippen LogP contribution in [0.15, 0.2) is 34.2 Å². The van der Waals surface area contributed by atoms with E-state index in [2.05, 4.69) is 22.5 Å². The molecule has 2 aliphatic rings. The molecule has 0 spiro atoms. The molecule has 0 saturated carbocycles. The lowest BCUT2D eigenvalue weighted by molar-refractivity contribution is 0.0992. The van der Waals surface area contributed by atoms with E-state index >= 15 is 0 Å². The fraction of sp³-hybridized carbons (Fsp3) is 0.667. The molecule has 2 bridgehead atoms. The van der Waals surface area contributed by atoms with Gasteiger partial charge < -0.3 is 19.9 Å². The van der Waals surface area contributed by atoms with Gasteiger partial charge in [-0.1, -0.05) is 6.07 Å². The van der Waals surface area contributed by atoms with Crippen LogP contribution < -0.4 is 16.2 Å². The fourth-order valence-electron chi connectivity index (χ4n) is 3.52. The highest BCUT2D eigenvalue weighted by Gasteiger charge is 2.41. The number of pyridine rings is 1. The summed E-state index contributed by atoms with van der Waals surface area (Å²) in [4.78, 5) is 16.3. The van der Waals surface area contributed by atoms with E-state index in [1.54, 1.807) is 16.7 Å². The van der Waals surface area contributed by atoms with Gasteiger partial charge in [-0.3, -0.25) is 9.79 Å². The van der Waals surface area contributed by atoms with Gasteiger partial charge in [0, 0.05) is 31.9 Å². The fourth-order valence-corrected chi connectivity index (χ4v) is 3.52. The number of ether oxygens (including phenoxy) is 1. The van der Waals surface area contributed by atoms with Crippen molar-refractivity contribution in [3.8, 4) is 0 Å². The number of rotatable bonds is 7. The average Bonchev–Trinajstić information content (AvgIpc) is 3.19. The summed E-state index contributed by atoms with van der Waals surface area (Å²) in [5.41, 5.74) is 0.0623. The normalized spacial score (nSPS) is 25.9. The molecule has 2 saturated heterocycles. The summed E-state index contributed by atoms with van der Waals surface area (Å²) in [6.45, 7) is 4.45. The van der Waals surface area contributed by atoms with Gasteiger partial charge in [-0.15, -0.1) is 0 Å². The smallest absolute Gasteiger partial charge is 0.250 e. The lowest BCUT2D eigenvalue weighted by Gasteiger charge is -2.22. The Bertz CT molecular complexity index is 613. The van der Waals surface area contributed by atoms with Gasteiger partial charge in [-0.05, 0) is 45.1 Å². The number of nitrogens with one attached hydrogen (secondary N) is 2.